The van der Waals surface area contributed by atoms with Gasteiger partial charge in [-0.15, -0.1) is 0 Å². The molecule has 2 nitrogen and oxygen atoms in total. The van der Waals surface area contributed by atoms with Crippen LogP contribution in [0.15, 0.2) is 12.2 Å². The van der Waals surface area contributed by atoms with Gasteiger partial charge in [0, 0.05) is 6.42 Å². The van der Waals surface area contributed by atoms with E-state index in [1.54, 1.807) is 0 Å². The van der Waals surface area contributed by atoms with Crippen LogP contribution < -0.4 is 0 Å². The summed E-state index contributed by atoms with van der Waals surface area (Å²) in [4.78, 5) is 11.3. The summed E-state index contributed by atoms with van der Waals surface area (Å²) >= 11 is 0. The highest BCUT2D eigenvalue weighted by molar-refractivity contribution is 5.69. The summed E-state index contributed by atoms with van der Waals surface area (Å²) < 4.78 is 5.18. The Bertz CT molecular complexity index is 221. The standard InChI is InChI=1S/C15H26O2/c16-15-13-11-9-7-5-3-1-2-4-6-8-10-12-14-17-15/h5,7H,1-4,6,8-14H2/b7-5+. The van der Waals surface area contributed by atoms with Crippen LogP contribution in [-0.2, 0) is 9.53 Å². The van der Waals surface area contributed by atoms with E-state index in [1.165, 1.54) is 44.9 Å². The van der Waals surface area contributed by atoms with E-state index in [9.17, 15) is 4.79 Å². The number of cyclic esters (lactones) is 1. The van der Waals surface area contributed by atoms with Gasteiger partial charge in [0.2, 0.25) is 0 Å². The molecular formula is C15H26O2. The quantitative estimate of drug-likeness (QED) is 0.462. The molecule has 17 heavy (non-hydrogen) atoms. The Labute approximate surface area is 105 Å². The number of esters is 1. The van der Waals surface area contributed by atoms with E-state index in [-0.39, 0.29) is 5.97 Å². The molecule has 0 fully saturated rings. The lowest BCUT2D eigenvalue weighted by molar-refractivity contribution is -0.143. The zero-order valence-electron chi connectivity index (χ0n) is 11.0. The van der Waals surface area contributed by atoms with Gasteiger partial charge >= 0.3 is 5.97 Å². The van der Waals surface area contributed by atoms with Crippen LogP contribution in [0.1, 0.15) is 70.6 Å². The minimum atomic E-state index is -0.0227. The molecule has 0 radical (unpaired) electrons. The van der Waals surface area contributed by atoms with Crippen LogP contribution in [-0.4, -0.2) is 12.6 Å². The highest BCUT2D eigenvalue weighted by Crippen LogP contribution is 2.10. The molecule has 1 aliphatic heterocycles. The molecule has 0 unspecified atom stereocenters. The van der Waals surface area contributed by atoms with Gasteiger partial charge in [0.1, 0.15) is 0 Å². The van der Waals surface area contributed by atoms with Gasteiger partial charge in [0.05, 0.1) is 6.61 Å². The number of hydrogen-bond acceptors (Lipinski definition) is 2. The predicted octanol–water partition coefficient (Wildman–Crippen LogP) is 4.39. The SMILES string of the molecule is O=C1CCC/C=C/CCCCCCCCCO1. The van der Waals surface area contributed by atoms with Crippen molar-refractivity contribution in [3.63, 3.8) is 0 Å². The van der Waals surface area contributed by atoms with Gasteiger partial charge in [-0.05, 0) is 32.1 Å². The second-order valence-corrected chi connectivity index (χ2v) is 4.85. The van der Waals surface area contributed by atoms with E-state index < -0.39 is 0 Å². The second kappa shape index (κ2) is 10.4. The van der Waals surface area contributed by atoms with E-state index in [1.807, 2.05) is 0 Å². The fourth-order valence-corrected chi connectivity index (χ4v) is 2.11. The molecule has 0 aromatic carbocycles. The fraction of sp³-hybridized carbons (Fsp3) is 0.800. The van der Waals surface area contributed by atoms with Crippen molar-refractivity contribution in [3.05, 3.63) is 12.2 Å². The molecule has 0 bridgehead atoms. The van der Waals surface area contributed by atoms with Crippen LogP contribution in [0.25, 0.3) is 0 Å². The highest BCUT2D eigenvalue weighted by Gasteiger charge is 2.01. The van der Waals surface area contributed by atoms with Crippen LogP contribution >= 0.6 is 0 Å². The summed E-state index contributed by atoms with van der Waals surface area (Å²) in [6.45, 7) is 0.620. The van der Waals surface area contributed by atoms with Crippen molar-refractivity contribution in [2.24, 2.45) is 0 Å². The maximum absolute atomic E-state index is 11.3. The molecule has 98 valence electrons. The first-order chi connectivity index (χ1) is 8.39. The molecule has 0 N–H and O–H groups in total. The zero-order valence-corrected chi connectivity index (χ0v) is 11.0. The Morgan fingerprint density at radius 1 is 0.765 bits per heavy atom. The average Bonchev–Trinajstić information content (AvgIpc) is 2.32. The average molecular weight is 238 g/mol. The number of carbonyl (C=O) groups excluding carboxylic acids is 1. The van der Waals surface area contributed by atoms with Crippen LogP contribution in [0.5, 0.6) is 0 Å². The molecular weight excluding hydrogens is 212 g/mol. The lowest BCUT2D eigenvalue weighted by Gasteiger charge is -2.05. The van der Waals surface area contributed by atoms with Gasteiger partial charge in [-0.1, -0.05) is 44.3 Å². The van der Waals surface area contributed by atoms with Crippen molar-refractivity contribution in [3.8, 4) is 0 Å². The van der Waals surface area contributed by atoms with Crippen LogP contribution in [0.2, 0.25) is 0 Å². The summed E-state index contributed by atoms with van der Waals surface area (Å²) in [5.41, 5.74) is 0. The first-order valence-corrected chi connectivity index (χ1v) is 7.20. The lowest BCUT2D eigenvalue weighted by atomic mass is 10.1. The third kappa shape index (κ3) is 8.96. The highest BCUT2D eigenvalue weighted by atomic mass is 16.5. The largest absolute Gasteiger partial charge is 0.466 e. The fourth-order valence-electron chi connectivity index (χ4n) is 2.11. The van der Waals surface area contributed by atoms with Gasteiger partial charge in [-0.25, -0.2) is 0 Å². The Kier molecular flexibility index (Phi) is 8.71. The molecule has 0 aromatic heterocycles. The van der Waals surface area contributed by atoms with Crippen LogP contribution in [0, 0.1) is 0 Å². The molecule has 0 aliphatic carbocycles. The number of rotatable bonds is 0. The maximum Gasteiger partial charge on any atom is 0.305 e. The number of carbonyl (C=O) groups is 1. The molecule has 1 aliphatic rings. The van der Waals surface area contributed by atoms with Crippen molar-refractivity contribution >= 4 is 5.97 Å². The Hall–Kier alpha value is -0.790. The van der Waals surface area contributed by atoms with Crippen LogP contribution in [0.4, 0.5) is 0 Å². The van der Waals surface area contributed by atoms with Crippen LogP contribution in [0.3, 0.4) is 0 Å². The Morgan fingerprint density at radius 3 is 2.12 bits per heavy atom. The second-order valence-electron chi connectivity index (χ2n) is 4.85. The van der Waals surface area contributed by atoms with Crippen molar-refractivity contribution in [1.82, 2.24) is 0 Å². The van der Waals surface area contributed by atoms with Crippen molar-refractivity contribution in [2.75, 3.05) is 6.61 Å². The van der Waals surface area contributed by atoms with E-state index in [4.69, 9.17) is 4.74 Å². The molecule has 1 heterocycles. The van der Waals surface area contributed by atoms with E-state index in [2.05, 4.69) is 12.2 Å². The first kappa shape index (κ1) is 14.3. The van der Waals surface area contributed by atoms with Crippen molar-refractivity contribution < 1.29 is 9.53 Å². The molecule has 0 amide bonds. The van der Waals surface area contributed by atoms with Gasteiger partial charge < -0.3 is 4.74 Å². The Balaban J connectivity index is 2.19. The minimum Gasteiger partial charge on any atom is -0.466 e. The molecule has 2 heteroatoms. The monoisotopic (exact) mass is 238 g/mol. The number of hydrogen-bond donors (Lipinski definition) is 0. The topological polar surface area (TPSA) is 26.3 Å². The first-order valence-electron chi connectivity index (χ1n) is 7.20. The number of ether oxygens (including phenoxy) is 1. The third-order valence-electron chi connectivity index (χ3n) is 3.20. The van der Waals surface area contributed by atoms with Gasteiger partial charge in [-0.3, -0.25) is 4.79 Å². The summed E-state index contributed by atoms with van der Waals surface area (Å²) in [5, 5.41) is 0. The molecule has 0 aromatic rings. The molecule has 0 saturated heterocycles. The molecule has 0 atom stereocenters. The zero-order chi connectivity index (χ0) is 12.2. The van der Waals surface area contributed by atoms with Crippen molar-refractivity contribution in [2.45, 2.75) is 70.6 Å². The Morgan fingerprint density at radius 2 is 1.35 bits per heavy atom. The minimum absolute atomic E-state index is 0.0227. The molecule has 0 spiro atoms. The van der Waals surface area contributed by atoms with Gasteiger partial charge in [0.25, 0.3) is 0 Å². The smallest absolute Gasteiger partial charge is 0.305 e. The van der Waals surface area contributed by atoms with Gasteiger partial charge in [0.15, 0.2) is 0 Å². The van der Waals surface area contributed by atoms with Crippen molar-refractivity contribution in [1.29, 1.82) is 0 Å². The van der Waals surface area contributed by atoms with E-state index >= 15 is 0 Å². The summed E-state index contributed by atoms with van der Waals surface area (Å²) in [6.07, 6.45) is 17.1. The van der Waals surface area contributed by atoms with E-state index in [0.29, 0.717) is 13.0 Å². The van der Waals surface area contributed by atoms with E-state index in [0.717, 1.165) is 19.3 Å². The summed E-state index contributed by atoms with van der Waals surface area (Å²) in [5.74, 6) is -0.0227. The van der Waals surface area contributed by atoms with Gasteiger partial charge in [-0.2, -0.15) is 0 Å². The predicted molar refractivity (Wildman–Crippen MR) is 70.9 cm³/mol. The summed E-state index contributed by atoms with van der Waals surface area (Å²) in [7, 11) is 0. The summed E-state index contributed by atoms with van der Waals surface area (Å²) in [6, 6.07) is 0. The molecule has 1 rings (SSSR count). The maximum atomic E-state index is 11.3. The number of allylic oxidation sites excluding steroid dienone is 2. The molecule has 0 saturated carbocycles. The normalized spacial score (nSPS) is 23.9. The third-order valence-corrected chi connectivity index (χ3v) is 3.20. The lowest BCUT2D eigenvalue weighted by Crippen LogP contribution is -2.05.